The predicted octanol–water partition coefficient (Wildman–Crippen LogP) is 1.12. The monoisotopic (exact) mass is 223 g/mol. The summed E-state index contributed by atoms with van der Waals surface area (Å²) in [6.45, 7) is 5.91. The maximum absolute atomic E-state index is 10.4. The van der Waals surface area contributed by atoms with Crippen molar-refractivity contribution in [3.05, 3.63) is 18.0 Å². The predicted molar refractivity (Wildman–Crippen MR) is 63.4 cm³/mol. The van der Waals surface area contributed by atoms with E-state index >= 15 is 0 Å². The maximum atomic E-state index is 10.4. The number of aromatic nitrogens is 2. The summed E-state index contributed by atoms with van der Waals surface area (Å²) in [5.41, 5.74) is 0.383. The van der Waals surface area contributed by atoms with E-state index in [9.17, 15) is 5.11 Å². The first kappa shape index (κ1) is 11.6. The van der Waals surface area contributed by atoms with Crippen LogP contribution >= 0.6 is 0 Å². The lowest BCUT2D eigenvalue weighted by molar-refractivity contribution is 0.0159. The molecule has 1 fully saturated rings. The summed E-state index contributed by atoms with van der Waals surface area (Å²) in [6, 6.07) is 2.39. The van der Waals surface area contributed by atoms with E-state index in [0.717, 1.165) is 25.1 Å². The Labute approximate surface area is 96.7 Å². The molecule has 0 amide bonds. The smallest absolute Gasteiger partial charge is 0.0827 e. The van der Waals surface area contributed by atoms with Gasteiger partial charge in [0.15, 0.2) is 0 Å². The fourth-order valence-corrected chi connectivity index (χ4v) is 2.20. The molecular weight excluding hydrogens is 202 g/mol. The minimum atomic E-state index is -0.603. The third kappa shape index (κ3) is 2.62. The molecule has 2 N–H and O–H groups in total. The summed E-state index contributed by atoms with van der Waals surface area (Å²) in [4.78, 5) is 0. The summed E-state index contributed by atoms with van der Waals surface area (Å²) >= 11 is 0. The molecule has 1 unspecified atom stereocenters. The number of nitrogens with one attached hydrogen (secondary N) is 1. The highest BCUT2D eigenvalue weighted by Gasteiger charge is 2.30. The molecule has 0 aromatic carbocycles. The van der Waals surface area contributed by atoms with E-state index in [1.165, 1.54) is 0 Å². The molecule has 90 valence electrons. The average Bonchev–Trinajstić information content (AvgIpc) is 2.66. The first-order valence-corrected chi connectivity index (χ1v) is 6.06. The van der Waals surface area contributed by atoms with Gasteiger partial charge in [-0.15, -0.1) is 0 Å². The Morgan fingerprint density at radius 2 is 2.44 bits per heavy atom. The Balaban J connectivity index is 2.02. The third-order valence-electron chi connectivity index (χ3n) is 3.15. The number of aliphatic hydroxyl groups is 1. The molecule has 1 aliphatic rings. The first-order chi connectivity index (χ1) is 7.59. The zero-order chi connectivity index (χ0) is 11.6. The molecule has 2 heterocycles. The molecule has 4 nitrogen and oxygen atoms in total. The number of β-amino-alcohol motifs (C(OH)–C–C–N with tert-alkyl or cyclic N) is 1. The second-order valence-electron chi connectivity index (χ2n) is 5.06. The fourth-order valence-electron chi connectivity index (χ4n) is 2.20. The number of hydrogen-bond acceptors (Lipinski definition) is 3. The Morgan fingerprint density at radius 3 is 3.00 bits per heavy atom. The van der Waals surface area contributed by atoms with E-state index < -0.39 is 5.60 Å². The van der Waals surface area contributed by atoms with Gasteiger partial charge < -0.3 is 10.4 Å². The molecule has 1 atom stereocenters. The van der Waals surface area contributed by atoms with Crippen LogP contribution in [0.25, 0.3) is 0 Å². The van der Waals surface area contributed by atoms with Crippen LogP contribution in [-0.4, -0.2) is 33.6 Å². The molecule has 1 aromatic heterocycles. The normalized spacial score (nSPS) is 26.2. The van der Waals surface area contributed by atoms with Crippen LogP contribution in [0.1, 0.15) is 38.4 Å². The lowest BCUT2D eigenvalue weighted by Gasteiger charge is -2.32. The minimum Gasteiger partial charge on any atom is -0.388 e. The molecular formula is C12H21N3O. The Bertz CT molecular complexity index is 340. The average molecular weight is 223 g/mol. The van der Waals surface area contributed by atoms with Crippen molar-refractivity contribution in [3.63, 3.8) is 0 Å². The molecule has 0 bridgehead atoms. The molecule has 0 aliphatic carbocycles. The van der Waals surface area contributed by atoms with Crippen LogP contribution in [0.4, 0.5) is 0 Å². The summed E-state index contributed by atoms with van der Waals surface area (Å²) in [7, 11) is 0. The van der Waals surface area contributed by atoms with Crippen molar-refractivity contribution in [1.29, 1.82) is 0 Å². The highest BCUT2D eigenvalue weighted by Crippen LogP contribution is 2.20. The van der Waals surface area contributed by atoms with Gasteiger partial charge in [0.1, 0.15) is 0 Å². The molecule has 0 radical (unpaired) electrons. The van der Waals surface area contributed by atoms with Gasteiger partial charge in [-0.1, -0.05) is 0 Å². The van der Waals surface area contributed by atoms with Gasteiger partial charge in [-0.2, -0.15) is 5.10 Å². The van der Waals surface area contributed by atoms with Gasteiger partial charge in [0.05, 0.1) is 11.3 Å². The summed E-state index contributed by atoms with van der Waals surface area (Å²) < 4.78 is 1.94. The van der Waals surface area contributed by atoms with Crippen molar-refractivity contribution in [2.45, 2.75) is 44.8 Å². The highest BCUT2D eigenvalue weighted by molar-refractivity contribution is 5.05. The number of nitrogens with zero attached hydrogens (tertiary/aromatic N) is 2. The van der Waals surface area contributed by atoms with Crippen LogP contribution in [0, 0.1) is 0 Å². The fraction of sp³-hybridized carbons (Fsp3) is 0.750. The van der Waals surface area contributed by atoms with Crippen LogP contribution in [0.15, 0.2) is 12.3 Å². The van der Waals surface area contributed by atoms with Crippen LogP contribution in [0.3, 0.4) is 0 Å². The highest BCUT2D eigenvalue weighted by atomic mass is 16.3. The molecule has 1 aromatic rings. The van der Waals surface area contributed by atoms with Gasteiger partial charge in [0, 0.05) is 25.2 Å². The van der Waals surface area contributed by atoms with Crippen molar-refractivity contribution in [3.8, 4) is 0 Å². The van der Waals surface area contributed by atoms with E-state index in [-0.39, 0.29) is 0 Å². The van der Waals surface area contributed by atoms with Crippen molar-refractivity contribution in [2.75, 3.05) is 13.1 Å². The molecule has 1 saturated heterocycles. The van der Waals surface area contributed by atoms with E-state index in [4.69, 9.17) is 0 Å². The van der Waals surface area contributed by atoms with E-state index in [0.29, 0.717) is 19.0 Å². The molecule has 1 aliphatic heterocycles. The van der Waals surface area contributed by atoms with E-state index in [1.807, 2.05) is 16.9 Å². The summed E-state index contributed by atoms with van der Waals surface area (Å²) in [5, 5.41) is 18.1. The van der Waals surface area contributed by atoms with Gasteiger partial charge in [0.2, 0.25) is 0 Å². The topological polar surface area (TPSA) is 50.1 Å². The van der Waals surface area contributed by atoms with Gasteiger partial charge in [-0.05, 0) is 39.3 Å². The van der Waals surface area contributed by atoms with Crippen molar-refractivity contribution < 1.29 is 5.11 Å². The second kappa shape index (κ2) is 4.55. The zero-order valence-corrected chi connectivity index (χ0v) is 10.1. The lowest BCUT2D eigenvalue weighted by atomic mass is 9.89. The quantitative estimate of drug-likeness (QED) is 0.807. The van der Waals surface area contributed by atoms with Crippen LogP contribution in [0.2, 0.25) is 0 Å². The molecule has 0 saturated carbocycles. The lowest BCUT2D eigenvalue weighted by Crippen LogP contribution is -2.47. The van der Waals surface area contributed by atoms with Crippen molar-refractivity contribution in [1.82, 2.24) is 15.1 Å². The number of piperidine rings is 1. The molecule has 2 rings (SSSR count). The van der Waals surface area contributed by atoms with Crippen LogP contribution in [-0.2, 0) is 6.42 Å². The van der Waals surface area contributed by atoms with Crippen LogP contribution in [0.5, 0.6) is 0 Å². The summed E-state index contributed by atoms with van der Waals surface area (Å²) in [5.74, 6) is 0. The van der Waals surface area contributed by atoms with Crippen molar-refractivity contribution in [2.24, 2.45) is 0 Å². The SMILES string of the molecule is CC(C)n1ccc(CC2(O)CCCNC2)n1. The van der Waals surface area contributed by atoms with E-state index in [1.54, 1.807) is 0 Å². The van der Waals surface area contributed by atoms with Gasteiger partial charge in [-0.25, -0.2) is 0 Å². The Morgan fingerprint density at radius 1 is 1.62 bits per heavy atom. The van der Waals surface area contributed by atoms with Gasteiger partial charge in [0.25, 0.3) is 0 Å². The van der Waals surface area contributed by atoms with Crippen molar-refractivity contribution >= 4 is 0 Å². The maximum Gasteiger partial charge on any atom is 0.0827 e. The second-order valence-corrected chi connectivity index (χ2v) is 5.06. The molecule has 4 heteroatoms. The molecule has 16 heavy (non-hydrogen) atoms. The Kier molecular flexibility index (Phi) is 3.30. The standard InChI is InChI=1S/C12H21N3O/c1-10(2)15-7-4-11(14-15)8-12(16)5-3-6-13-9-12/h4,7,10,13,16H,3,5-6,8-9H2,1-2H3. The Hall–Kier alpha value is -0.870. The zero-order valence-electron chi connectivity index (χ0n) is 10.1. The first-order valence-electron chi connectivity index (χ1n) is 6.06. The third-order valence-corrected chi connectivity index (χ3v) is 3.15. The van der Waals surface area contributed by atoms with E-state index in [2.05, 4.69) is 24.3 Å². The summed E-state index contributed by atoms with van der Waals surface area (Å²) in [6.07, 6.45) is 4.55. The largest absolute Gasteiger partial charge is 0.388 e. The van der Waals surface area contributed by atoms with Crippen LogP contribution < -0.4 is 5.32 Å². The molecule has 0 spiro atoms. The van der Waals surface area contributed by atoms with Gasteiger partial charge >= 0.3 is 0 Å². The minimum absolute atomic E-state index is 0.382. The number of hydrogen-bond donors (Lipinski definition) is 2. The van der Waals surface area contributed by atoms with Gasteiger partial charge in [-0.3, -0.25) is 4.68 Å². The number of rotatable bonds is 3.